The zero-order valence-electron chi connectivity index (χ0n) is 21.3. The van der Waals surface area contributed by atoms with Crippen LogP contribution in [0, 0.1) is 46.3 Å². The highest BCUT2D eigenvalue weighted by molar-refractivity contribution is 9.09. The first-order chi connectivity index (χ1) is 15.2. The van der Waals surface area contributed by atoms with Gasteiger partial charge in [0, 0.05) is 0 Å². The predicted molar refractivity (Wildman–Crippen MR) is 137 cm³/mol. The zero-order valence-corrected chi connectivity index (χ0v) is 22.9. The minimum Gasteiger partial charge on any atom is -0.462 e. The number of hydrogen-bond acceptors (Lipinski definition) is 2. The number of allylic oxidation sites excluding steroid dienone is 2. The van der Waals surface area contributed by atoms with Gasteiger partial charge >= 0.3 is 5.97 Å². The Morgan fingerprint density at radius 1 is 1.12 bits per heavy atom. The van der Waals surface area contributed by atoms with Crippen LogP contribution in [0.4, 0.5) is 0 Å². The largest absolute Gasteiger partial charge is 0.462 e. The van der Waals surface area contributed by atoms with Crippen molar-refractivity contribution in [2.45, 2.75) is 111 Å². The molecule has 0 aromatic rings. The summed E-state index contributed by atoms with van der Waals surface area (Å²) in [7, 11) is 0. The lowest BCUT2D eigenvalue weighted by molar-refractivity contribution is -0.150. The second-order valence-corrected chi connectivity index (χ2v) is 13.3. The van der Waals surface area contributed by atoms with E-state index in [0.29, 0.717) is 10.7 Å². The maximum atomic E-state index is 11.9. The van der Waals surface area contributed by atoms with Crippen LogP contribution in [0.5, 0.6) is 0 Å². The van der Waals surface area contributed by atoms with E-state index in [1.165, 1.54) is 51.4 Å². The van der Waals surface area contributed by atoms with E-state index in [-0.39, 0.29) is 17.5 Å². The SMILES string of the molecule is CC(C)CCCC(C)C1CCC2C3CC=C4CCC(OC(=O)CBr)CC4(C)C3CCC12C. The summed E-state index contributed by atoms with van der Waals surface area (Å²) in [5, 5.41) is 0.312. The molecular formula is C29H47BrO2. The number of rotatable bonds is 7. The molecule has 3 saturated carbocycles. The molecule has 0 aromatic carbocycles. The molecule has 8 unspecified atom stereocenters. The maximum Gasteiger partial charge on any atom is 0.316 e. The van der Waals surface area contributed by atoms with Crippen LogP contribution >= 0.6 is 15.9 Å². The first kappa shape index (κ1) is 24.8. The molecule has 4 rings (SSSR count). The van der Waals surface area contributed by atoms with Crippen LogP contribution in [0.25, 0.3) is 0 Å². The van der Waals surface area contributed by atoms with Gasteiger partial charge in [0.05, 0.1) is 0 Å². The van der Waals surface area contributed by atoms with Crippen LogP contribution < -0.4 is 0 Å². The second kappa shape index (κ2) is 9.74. The Kier molecular flexibility index (Phi) is 7.55. The van der Waals surface area contributed by atoms with Gasteiger partial charge in [-0.15, -0.1) is 0 Å². The number of carbonyl (C=O) groups is 1. The highest BCUT2D eigenvalue weighted by Gasteiger charge is 2.59. The molecule has 3 heteroatoms. The lowest BCUT2D eigenvalue weighted by Gasteiger charge is -2.58. The summed E-state index contributed by atoms with van der Waals surface area (Å²) in [5.74, 6) is 5.02. The Labute approximate surface area is 205 Å². The fourth-order valence-corrected chi connectivity index (χ4v) is 9.19. The highest BCUT2D eigenvalue weighted by atomic mass is 79.9. The van der Waals surface area contributed by atoms with Crippen molar-refractivity contribution in [3.8, 4) is 0 Å². The van der Waals surface area contributed by atoms with Crippen molar-refractivity contribution in [2.24, 2.45) is 46.3 Å². The summed E-state index contributed by atoms with van der Waals surface area (Å²) in [6.45, 7) is 12.5. The van der Waals surface area contributed by atoms with Gasteiger partial charge < -0.3 is 4.74 Å². The van der Waals surface area contributed by atoms with Crippen molar-refractivity contribution in [3.05, 3.63) is 11.6 Å². The third kappa shape index (κ3) is 4.50. The first-order valence-electron chi connectivity index (χ1n) is 13.6. The first-order valence-corrected chi connectivity index (χ1v) is 14.8. The van der Waals surface area contributed by atoms with Crippen molar-refractivity contribution in [2.75, 3.05) is 5.33 Å². The molecule has 0 aliphatic heterocycles. The summed E-state index contributed by atoms with van der Waals surface area (Å²) >= 11 is 3.27. The summed E-state index contributed by atoms with van der Waals surface area (Å²) in [4.78, 5) is 11.9. The van der Waals surface area contributed by atoms with Gasteiger partial charge in [-0.2, -0.15) is 0 Å². The van der Waals surface area contributed by atoms with E-state index in [4.69, 9.17) is 4.74 Å². The molecule has 0 aromatic heterocycles. The minimum absolute atomic E-state index is 0.0975. The van der Waals surface area contributed by atoms with E-state index >= 15 is 0 Å². The molecular weight excluding hydrogens is 460 g/mol. The van der Waals surface area contributed by atoms with Gasteiger partial charge in [-0.1, -0.05) is 81.5 Å². The van der Waals surface area contributed by atoms with Crippen molar-refractivity contribution in [3.63, 3.8) is 0 Å². The molecule has 0 amide bonds. The van der Waals surface area contributed by atoms with Crippen LogP contribution in [-0.4, -0.2) is 17.4 Å². The Morgan fingerprint density at radius 3 is 2.62 bits per heavy atom. The van der Waals surface area contributed by atoms with E-state index in [9.17, 15) is 4.79 Å². The number of esters is 1. The molecule has 0 spiro atoms. The zero-order chi connectivity index (χ0) is 23.1. The fraction of sp³-hybridized carbons (Fsp3) is 0.897. The average Bonchev–Trinajstić information content (AvgIpc) is 3.10. The molecule has 0 saturated heterocycles. The molecule has 0 radical (unpaired) electrons. The van der Waals surface area contributed by atoms with Crippen LogP contribution in [0.2, 0.25) is 0 Å². The summed E-state index contributed by atoms with van der Waals surface area (Å²) < 4.78 is 5.83. The standard InChI is InChI=1S/C29H47BrO2/c1-19(2)7-6-8-20(3)24-13-14-25-23-12-10-21-9-11-22(32-27(31)18-30)17-29(21,5)26(23)15-16-28(24,25)4/h10,19-20,22-26H,6-9,11-18H2,1-5H3. The third-order valence-electron chi connectivity index (χ3n) is 10.6. The number of fused-ring (bicyclic) bond motifs is 5. The van der Waals surface area contributed by atoms with Gasteiger partial charge in [-0.05, 0) is 97.7 Å². The Bertz CT molecular complexity index is 714. The van der Waals surface area contributed by atoms with E-state index in [1.807, 2.05) is 0 Å². The molecule has 4 aliphatic carbocycles. The van der Waals surface area contributed by atoms with Crippen molar-refractivity contribution >= 4 is 21.9 Å². The Morgan fingerprint density at radius 2 is 1.91 bits per heavy atom. The van der Waals surface area contributed by atoms with Crippen molar-refractivity contribution in [1.82, 2.24) is 0 Å². The molecule has 0 bridgehead atoms. The van der Waals surface area contributed by atoms with Gasteiger partial charge in [-0.25, -0.2) is 0 Å². The van der Waals surface area contributed by atoms with Gasteiger partial charge in [0.15, 0.2) is 0 Å². The smallest absolute Gasteiger partial charge is 0.316 e. The molecule has 3 fully saturated rings. The lowest BCUT2D eigenvalue weighted by atomic mass is 9.47. The summed E-state index contributed by atoms with van der Waals surface area (Å²) in [5.41, 5.74) is 2.46. The quantitative estimate of drug-likeness (QED) is 0.197. The third-order valence-corrected chi connectivity index (χ3v) is 11.1. The topological polar surface area (TPSA) is 26.3 Å². The van der Waals surface area contributed by atoms with Gasteiger partial charge in [0.25, 0.3) is 0 Å². The molecule has 0 N–H and O–H groups in total. The van der Waals surface area contributed by atoms with E-state index < -0.39 is 0 Å². The average molecular weight is 508 g/mol. The number of hydrogen-bond donors (Lipinski definition) is 0. The van der Waals surface area contributed by atoms with Crippen LogP contribution in [0.1, 0.15) is 105 Å². The van der Waals surface area contributed by atoms with Crippen LogP contribution in [0.3, 0.4) is 0 Å². The molecule has 4 aliphatic rings. The Hall–Kier alpha value is -0.310. The molecule has 0 heterocycles. The van der Waals surface area contributed by atoms with Gasteiger partial charge in [-0.3, -0.25) is 4.79 Å². The molecule has 8 atom stereocenters. The summed E-state index contributed by atoms with van der Waals surface area (Å²) in [6, 6.07) is 0. The summed E-state index contributed by atoms with van der Waals surface area (Å²) in [6.07, 6.45) is 17.1. The second-order valence-electron chi connectivity index (χ2n) is 12.8. The van der Waals surface area contributed by atoms with Crippen molar-refractivity contribution < 1.29 is 9.53 Å². The van der Waals surface area contributed by atoms with E-state index in [2.05, 4.69) is 56.6 Å². The molecule has 2 nitrogen and oxygen atoms in total. The fourth-order valence-electron chi connectivity index (χ4n) is 9.06. The maximum absolute atomic E-state index is 11.9. The lowest BCUT2D eigenvalue weighted by Crippen LogP contribution is -2.51. The monoisotopic (exact) mass is 506 g/mol. The predicted octanol–water partition coefficient (Wildman–Crippen LogP) is 8.33. The van der Waals surface area contributed by atoms with Crippen LogP contribution in [-0.2, 0) is 9.53 Å². The van der Waals surface area contributed by atoms with Gasteiger partial charge in [0.1, 0.15) is 11.4 Å². The molecule has 32 heavy (non-hydrogen) atoms. The minimum atomic E-state index is -0.0975. The number of alkyl halides is 1. The van der Waals surface area contributed by atoms with Crippen molar-refractivity contribution in [1.29, 1.82) is 0 Å². The number of halogens is 1. The van der Waals surface area contributed by atoms with E-state index in [0.717, 1.165) is 54.8 Å². The Balaban J connectivity index is 1.47. The van der Waals surface area contributed by atoms with Crippen LogP contribution in [0.15, 0.2) is 11.6 Å². The molecule has 182 valence electrons. The normalized spacial score (nSPS) is 42.0. The number of ether oxygens (including phenoxy) is 1. The highest BCUT2D eigenvalue weighted by Crippen LogP contribution is 2.67. The van der Waals surface area contributed by atoms with Gasteiger partial charge in [0.2, 0.25) is 0 Å². The number of carbonyl (C=O) groups excluding carboxylic acids is 1. The van der Waals surface area contributed by atoms with E-state index in [1.54, 1.807) is 5.57 Å².